The lowest BCUT2D eigenvalue weighted by Crippen LogP contribution is -2.28. The van der Waals surface area contributed by atoms with Crippen molar-refractivity contribution in [1.82, 2.24) is 5.48 Å². The molecule has 0 spiro atoms. The molecule has 0 fully saturated rings. The highest BCUT2D eigenvalue weighted by molar-refractivity contribution is 5.42. The predicted molar refractivity (Wildman–Crippen MR) is 71.8 cm³/mol. The Labute approximate surface area is 109 Å². The number of methoxy groups -OCH3 is 1. The summed E-state index contributed by atoms with van der Waals surface area (Å²) in [5.41, 5.74) is 3.83. The van der Waals surface area contributed by atoms with E-state index >= 15 is 0 Å². The Morgan fingerprint density at radius 3 is 2.44 bits per heavy atom. The van der Waals surface area contributed by atoms with Crippen molar-refractivity contribution in [1.29, 1.82) is 0 Å². The summed E-state index contributed by atoms with van der Waals surface area (Å²) in [7, 11) is 1.64. The lowest BCUT2D eigenvalue weighted by molar-refractivity contribution is -0.0757. The second-order valence-corrected chi connectivity index (χ2v) is 4.95. The second-order valence-electron chi connectivity index (χ2n) is 4.95. The van der Waals surface area contributed by atoms with Crippen molar-refractivity contribution < 1.29 is 14.3 Å². The molecule has 18 heavy (non-hydrogen) atoms. The van der Waals surface area contributed by atoms with Crippen molar-refractivity contribution in [3.63, 3.8) is 0 Å². The molecule has 0 aliphatic heterocycles. The van der Waals surface area contributed by atoms with Crippen LogP contribution in [0.15, 0.2) is 18.2 Å². The van der Waals surface area contributed by atoms with E-state index in [9.17, 15) is 0 Å². The third-order valence-corrected chi connectivity index (χ3v) is 2.18. The highest BCUT2D eigenvalue weighted by Crippen LogP contribution is 2.27. The zero-order valence-electron chi connectivity index (χ0n) is 11.9. The fraction of sp³-hybridized carbons (Fsp3) is 0.571. The summed E-state index contributed by atoms with van der Waals surface area (Å²) < 4.78 is 10.8. The van der Waals surface area contributed by atoms with E-state index in [2.05, 4.69) is 5.48 Å². The lowest BCUT2D eigenvalue weighted by Gasteiger charge is -2.19. The fourth-order valence-electron chi connectivity index (χ4n) is 1.43. The Morgan fingerprint density at radius 2 is 1.89 bits per heavy atom. The second kappa shape index (κ2) is 6.61. The average molecular weight is 253 g/mol. The molecule has 0 aliphatic rings. The molecule has 1 aromatic rings. The maximum Gasteiger partial charge on any atom is 0.161 e. The molecule has 0 radical (unpaired) electrons. The van der Waals surface area contributed by atoms with Crippen LogP contribution in [0.5, 0.6) is 11.5 Å². The van der Waals surface area contributed by atoms with Crippen molar-refractivity contribution in [2.75, 3.05) is 13.7 Å². The van der Waals surface area contributed by atoms with Gasteiger partial charge < -0.3 is 9.47 Å². The van der Waals surface area contributed by atoms with E-state index in [1.807, 2.05) is 45.9 Å². The molecule has 0 amide bonds. The Kier molecular flexibility index (Phi) is 5.44. The zero-order valence-corrected chi connectivity index (χ0v) is 11.9. The highest BCUT2D eigenvalue weighted by atomic mass is 16.7. The SMILES string of the molecule is CCOc1ccc(CNOC(C)(C)C)cc1OC. The van der Waals surface area contributed by atoms with Gasteiger partial charge in [0.05, 0.1) is 19.3 Å². The number of hydrogen-bond donors (Lipinski definition) is 1. The number of ether oxygens (including phenoxy) is 2. The van der Waals surface area contributed by atoms with E-state index in [1.54, 1.807) is 7.11 Å². The maximum absolute atomic E-state index is 5.46. The Hall–Kier alpha value is -1.26. The highest BCUT2D eigenvalue weighted by Gasteiger charge is 2.10. The van der Waals surface area contributed by atoms with Crippen LogP contribution in [-0.4, -0.2) is 19.3 Å². The van der Waals surface area contributed by atoms with Crippen molar-refractivity contribution >= 4 is 0 Å². The van der Waals surface area contributed by atoms with E-state index in [0.29, 0.717) is 13.2 Å². The first-order valence-corrected chi connectivity index (χ1v) is 6.17. The molecule has 0 aliphatic carbocycles. The van der Waals surface area contributed by atoms with Crippen LogP contribution in [0.3, 0.4) is 0 Å². The van der Waals surface area contributed by atoms with Crippen LogP contribution in [0.25, 0.3) is 0 Å². The molecule has 4 nitrogen and oxygen atoms in total. The smallest absolute Gasteiger partial charge is 0.161 e. The molecular formula is C14H23NO3. The molecule has 1 aromatic carbocycles. The minimum atomic E-state index is -0.199. The Balaban J connectivity index is 2.62. The first kappa shape index (κ1) is 14.8. The summed E-state index contributed by atoms with van der Waals surface area (Å²) in [6, 6.07) is 5.85. The third kappa shape index (κ3) is 4.94. The molecule has 0 saturated heterocycles. The molecule has 1 rings (SSSR count). The van der Waals surface area contributed by atoms with E-state index in [4.69, 9.17) is 14.3 Å². The van der Waals surface area contributed by atoms with Gasteiger partial charge in [0.25, 0.3) is 0 Å². The molecule has 102 valence electrons. The van der Waals surface area contributed by atoms with Gasteiger partial charge in [-0.2, -0.15) is 5.48 Å². The van der Waals surface area contributed by atoms with Crippen molar-refractivity contribution in [2.45, 2.75) is 39.8 Å². The van der Waals surface area contributed by atoms with Crippen LogP contribution in [0, 0.1) is 0 Å². The van der Waals surface area contributed by atoms with Gasteiger partial charge in [0.2, 0.25) is 0 Å². The number of hydroxylamine groups is 1. The van der Waals surface area contributed by atoms with E-state index in [0.717, 1.165) is 17.1 Å². The van der Waals surface area contributed by atoms with Crippen molar-refractivity contribution in [3.8, 4) is 11.5 Å². The van der Waals surface area contributed by atoms with Crippen molar-refractivity contribution in [2.24, 2.45) is 0 Å². The first-order chi connectivity index (χ1) is 8.46. The summed E-state index contributed by atoms with van der Waals surface area (Å²) in [6.45, 7) is 9.20. The summed E-state index contributed by atoms with van der Waals surface area (Å²) in [5, 5.41) is 0. The minimum Gasteiger partial charge on any atom is -0.493 e. The molecule has 0 aromatic heterocycles. The maximum atomic E-state index is 5.46. The van der Waals surface area contributed by atoms with E-state index in [-0.39, 0.29) is 5.60 Å². The number of nitrogens with one attached hydrogen (secondary N) is 1. The standard InChI is InChI=1S/C14H23NO3/c1-6-17-12-8-7-11(9-13(12)16-5)10-15-18-14(2,3)4/h7-9,15H,6,10H2,1-5H3. The minimum absolute atomic E-state index is 0.199. The number of rotatable bonds is 6. The molecule has 1 N–H and O–H groups in total. The summed E-state index contributed by atoms with van der Waals surface area (Å²) in [6.07, 6.45) is 0. The Bertz CT molecular complexity index is 372. The third-order valence-electron chi connectivity index (χ3n) is 2.18. The lowest BCUT2D eigenvalue weighted by atomic mass is 10.2. The number of benzene rings is 1. The summed E-state index contributed by atoms with van der Waals surface area (Å²) >= 11 is 0. The first-order valence-electron chi connectivity index (χ1n) is 6.17. The van der Waals surface area contributed by atoms with Gasteiger partial charge in [0.1, 0.15) is 0 Å². The molecule has 0 atom stereocenters. The largest absolute Gasteiger partial charge is 0.493 e. The molecular weight excluding hydrogens is 230 g/mol. The van der Waals surface area contributed by atoms with Gasteiger partial charge in [-0.1, -0.05) is 6.07 Å². The normalized spacial score (nSPS) is 11.4. The van der Waals surface area contributed by atoms with Gasteiger partial charge >= 0.3 is 0 Å². The van der Waals surface area contributed by atoms with E-state index in [1.165, 1.54) is 0 Å². The summed E-state index contributed by atoms with van der Waals surface area (Å²) in [5.74, 6) is 1.51. The number of hydrogen-bond acceptors (Lipinski definition) is 4. The quantitative estimate of drug-likeness (QED) is 0.791. The molecule has 0 heterocycles. The average Bonchev–Trinajstić information content (AvgIpc) is 2.29. The topological polar surface area (TPSA) is 39.7 Å². The van der Waals surface area contributed by atoms with Crippen molar-refractivity contribution in [3.05, 3.63) is 23.8 Å². The van der Waals surface area contributed by atoms with E-state index < -0.39 is 0 Å². The van der Waals surface area contributed by atoms with Crippen LogP contribution >= 0.6 is 0 Å². The molecule has 0 unspecified atom stereocenters. The van der Waals surface area contributed by atoms with Gasteiger partial charge in [-0.25, -0.2) is 0 Å². The zero-order chi connectivity index (χ0) is 13.6. The van der Waals surface area contributed by atoms with Gasteiger partial charge in [-0.15, -0.1) is 0 Å². The van der Waals surface area contributed by atoms with Crippen LogP contribution in [0.1, 0.15) is 33.3 Å². The molecule has 0 saturated carbocycles. The van der Waals surface area contributed by atoms with Crippen LogP contribution in [-0.2, 0) is 11.4 Å². The van der Waals surface area contributed by atoms with Crippen LogP contribution in [0.2, 0.25) is 0 Å². The fourth-order valence-corrected chi connectivity index (χ4v) is 1.43. The monoisotopic (exact) mass is 253 g/mol. The van der Waals surface area contributed by atoms with Crippen LogP contribution < -0.4 is 15.0 Å². The van der Waals surface area contributed by atoms with Crippen LogP contribution in [0.4, 0.5) is 0 Å². The Morgan fingerprint density at radius 1 is 1.17 bits per heavy atom. The van der Waals surface area contributed by atoms with Gasteiger partial charge in [0.15, 0.2) is 11.5 Å². The predicted octanol–water partition coefficient (Wildman–Crippen LogP) is 2.91. The van der Waals surface area contributed by atoms with Gasteiger partial charge in [-0.3, -0.25) is 4.84 Å². The molecule has 4 heteroatoms. The van der Waals surface area contributed by atoms with Gasteiger partial charge in [0, 0.05) is 6.54 Å². The molecule has 0 bridgehead atoms. The van der Waals surface area contributed by atoms with Gasteiger partial charge in [-0.05, 0) is 45.4 Å². The summed E-state index contributed by atoms with van der Waals surface area (Å²) in [4.78, 5) is 5.46.